The summed E-state index contributed by atoms with van der Waals surface area (Å²) in [6.45, 7) is 3.45. The lowest BCUT2D eigenvalue weighted by atomic mass is 9.93. The summed E-state index contributed by atoms with van der Waals surface area (Å²) in [6.07, 6.45) is 2.88. The van der Waals surface area contributed by atoms with Gasteiger partial charge >= 0.3 is 0 Å². The molecule has 0 aliphatic carbocycles. The highest BCUT2D eigenvalue weighted by molar-refractivity contribution is 5.44. The third kappa shape index (κ3) is 6.33. The number of methoxy groups -OCH3 is 1. The summed E-state index contributed by atoms with van der Waals surface area (Å²) < 4.78 is 5.36. The van der Waals surface area contributed by atoms with Crippen LogP contribution in [0.25, 0.3) is 0 Å². The second-order valence-corrected chi connectivity index (χ2v) is 8.52. The van der Waals surface area contributed by atoms with Gasteiger partial charge in [0.2, 0.25) is 5.75 Å². The van der Waals surface area contributed by atoms with Gasteiger partial charge in [0.05, 0.1) is 18.6 Å². The summed E-state index contributed by atoms with van der Waals surface area (Å²) in [6, 6.07) is 16.9. The van der Waals surface area contributed by atoms with Crippen LogP contribution in [0, 0.1) is 11.8 Å². The Bertz CT molecular complexity index is 1190. The molecule has 2 aromatic carbocycles. The van der Waals surface area contributed by atoms with Gasteiger partial charge in [0.25, 0.3) is 5.56 Å². The molecule has 4 N–H and O–H groups in total. The molecule has 7 nitrogen and oxygen atoms in total. The fourth-order valence-electron chi connectivity index (χ4n) is 4.07. The number of benzene rings is 2. The summed E-state index contributed by atoms with van der Waals surface area (Å²) in [7, 11) is 1.63. The quantitative estimate of drug-likeness (QED) is 0.387. The minimum atomic E-state index is -0.540. The van der Waals surface area contributed by atoms with E-state index in [4.69, 9.17) is 4.74 Å². The molecule has 2 heterocycles. The Morgan fingerprint density at radius 2 is 1.85 bits per heavy atom. The first-order valence-electron chi connectivity index (χ1n) is 11.5. The molecule has 34 heavy (non-hydrogen) atoms. The number of aromatic amines is 1. The van der Waals surface area contributed by atoms with E-state index in [1.807, 2.05) is 24.3 Å². The fourth-order valence-corrected chi connectivity index (χ4v) is 4.07. The second kappa shape index (κ2) is 11.6. The molecule has 1 aliphatic heterocycles. The van der Waals surface area contributed by atoms with Gasteiger partial charge in [0, 0.05) is 49.7 Å². The van der Waals surface area contributed by atoms with E-state index in [-0.39, 0.29) is 11.7 Å². The first kappa shape index (κ1) is 23.7. The van der Waals surface area contributed by atoms with Gasteiger partial charge in [-0.05, 0) is 48.4 Å². The lowest BCUT2D eigenvalue weighted by molar-refractivity contribution is 0.178. The number of nitrogens with one attached hydrogen (secondary N) is 3. The average molecular weight is 459 g/mol. The van der Waals surface area contributed by atoms with Crippen LogP contribution in [0.2, 0.25) is 0 Å². The van der Waals surface area contributed by atoms with Crippen LogP contribution >= 0.6 is 0 Å². The van der Waals surface area contributed by atoms with Crippen LogP contribution in [-0.2, 0) is 17.7 Å². The van der Waals surface area contributed by atoms with Crippen LogP contribution < -0.4 is 16.2 Å². The van der Waals surface area contributed by atoms with Crippen LogP contribution in [0.15, 0.2) is 59.7 Å². The highest BCUT2D eigenvalue weighted by Gasteiger charge is 2.17. The highest BCUT2D eigenvalue weighted by Crippen LogP contribution is 2.23. The third-order valence-electron chi connectivity index (χ3n) is 6.05. The predicted octanol–water partition coefficient (Wildman–Crippen LogP) is 2.30. The van der Waals surface area contributed by atoms with E-state index in [0.29, 0.717) is 24.8 Å². The SMILES string of the molecule is COCC(Cc1nc[nH]c(=O)c1O)c1ccc(C#Cc2ccc(CN[C@@H]3CCNC3)cc2)cc1. The molecule has 0 amide bonds. The van der Waals surface area contributed by atoms with Crippen molar-refractivity contribution in [1.29, 1.82) is 0 Å². The predicted molar refractivity (Wildman–Crippen MR) is 132 cm³/mol. The van der Waals surface area contributed by atoms with Gasteiger partial charge in [-0.2, -0.15) is 0 Å². The Hall–Kier alpha value is -3.44. The average Bonchev–Trinajstić information content (AvgIpc) is 3.39. The monoisotopic (exact) mass is 458 g/mol. The molecule has 0 radical (unpaired) electrons. The molecular weight excluding hydrogens is 428 g/mol. The molecule has 0 saturated carbocycles. The van der Waals surface area contributed by atoms with Crippen LogP contribution in [-0.4, -0.2) is 47.9 Å². The zero-order valence-corrected chi connectivity index (χ0v) is 19.3. The maximum Gasteiger partial charge on any atom is 0.293 e. The van der Waals surface area contributed by atoms with Crippen molar-refractivity contribution < 1.29 is 9.84 Å². The van der Waals surface area contributed by atoms with Crippen molar-refractivity contribution in [3.05, 3.63) is 93.2 Å². The molecular formula is C27H30N4O3. The molecule has 1 aliphatic rings. The van der Waals surface area contributed by atoms with Crippen molar-refractivity contribution in [3.63, 3.8) is 0 Å². The standard InChI is InChI=1S/C27H30N4O3/c1-34-17-23(14-25-26(32)27(33)31-18-30-25)22-10-8-20(9-11-22)3-2-19-4-6-21(7-5-19)15-29-24-12-13-28-16-24/h4-11,18,23-24,28-29,32H,12-17H2,1H3,(H,30,31,33)/t23?,24-/m1/s1. The number of hydrogen-bond acceptors (Lipinski definition) is 6. The van der Waals surface area contributed by atoms with Crippen molar-refractivity contribution in [3.8, 4) is 17.6 Å². The molecule has 3 aromatic rings. The van der Waals surface area contributed by atoms with Crippen molar-refractivity contribution >= 4 is 0 Å². The topological polar surface area (TPSA) is 99.3 Å². The van der Waals surface area contributed by atoms with Gasteiger partial charge in [-0.3, -0.25) is 4.79 Å². The molecule has 4 rings (SSSR count). The Morgan fingerprint density at radius 1 is 1.15 bits per heavy atom. The van der Waals surface area contributed by atoms with Gasteiger partial charge in [0.15, 0.2) is 0 Å². The molecule has 2 atom stereocenters. The lowest BCUT2D eigenvalue weighted by Gasteiger charge is -2.16. The van der Waals surface area contributed by atoms with E-state index in [2.05, 4.69) is 56.7 Å². The maximum absolute atomic E-state index is 11.7. The van der Waals surface area contributed by atoms with Gasteiger partial charge in [-0.25, -0.2) is 4.98 Å². The number of hydrogen-bond donors (Lipinski definition) is 4. The molecule has 7 heteroatoms. The summed E-state index contributed by atoms with van der Waals surface area (Å²) in [5.74, 6) is 6.05. The van der Waals surface area contributed by atoms with Crippen molar-refractivity contribution in [2.45, 2.75) is 31.3 Å². The van der Waals surface area contributed by atoms with Gasteiger partial charge in [0.1, 0.15) is 0 Å². The number of ether oxygens (including phenoxy) is 1. The highest BCUT2D eigenvalue weighted by atomic mass is 16.5. The number of aromatic hydroxyl groups is 1. The van der Waals surface area contributed by atoms with Crippen LogP contribution in [0.3, 0.4) is 0 Å². The number of aromatic nitrogens is 2. The van der Waals surface area contributed by atoms with Gasteiger partial charge in [-0.1, -0.05) is 36.1 Å². The van der Waals surface area contributed by atoms with Crippen LogP contribution in [0.4, 0.5) is 0 Å². The minimum Gasteiger partial charge on any atom is -0.502 e. The lowest BCUT2D eigenvalue weighted by Crippen LogP contribution is -2.30. The zero-order valence-electron chi connectivity index (χ0n) is 19.3. The number of H-pyrrole nitrogens is 1. The molecule has 0 bridgehead atoms. The zero-order chi connectivity index (χ0) is 23.8. The first-order valence-corrected chi connectivity index (χ1v) is 11.5. The number of nitrogens with zero attached hydrogens (tertiary/aromatic N) is 1. The molecule has 0 spiro atoms. The van der Waals surface area contributed by atoms with E-state index >= 15 is 0 Å². The van der Waals surface area contributed by atoms with E-state index in [1.54, 1.807) is 7.11 Å². The molecule has 1 aromatic heterocycles. The molecule has 1 saturated heterocycles. The molecule has 1 fully saturated rings. The second-order valence-electron chi connectivity index (χ2n) is 8.52. The van der Waals surface area contributed by atoms with E-state index in [9.17, 15) is 9.90 Å². The van der Waals surface area contributed by atoms with Crippen LogP contribution in [0.1, 0.15) is 40.3 Å². The van der Waals surface area contributed by atoms with E-state index in [0.717, 1.165) is 36.3 Å². The minimum absolute atomic E-state index is 0.0478. The normalized spacial score (nSPS) is 16.1. The summed E-state index contributed by atoms with van der Waals surface area (Å²) in [4.78, 5) is 18.1. The first-order chi connectivity index (χ1) is 16.6. The molecule has 1 unspecified atom stereocenters. The Kier molecular flexibility index (Phi) is 8.10. The van der Waals surface area contributed by atoms with E-state index in [1.165, 1.54) is 18.3 Å². The number of rotatable bonds is 8. The maximum atomic E-state index is 11.7. The van der Waals surface area contributed by atoms with Gasteiger partial charge < -0.3 is 25.5 Å². The van der Waals surface area contributed by atoms with Crippen molar-refractivity contribution in [2.75, 3.05) is 26.8 Å². The summed E-state index contributed by atoms with van der Waals surface area (Å²) in [5, 5.41) is 17.0. The largest absolute Gasteiger partial charge is 0.502 e. The Labute approximate surface area is 199 Å². The smallest absolute Gasteiger partial charge is 0.293 e. The van der Waals surface area contributed by atoms with Crippen LogP contribution in [0.5, 0.6) is 5.75 Å². The Balaban J connectivity index is 1.39. The molecule has 176 valence electrons. The summed E-state index contributed by atoms with van der Waals surface area (Å²) >= 11 is 0. The Morgan fingerprint density at radius 3 is 2.50 bits per heavy atom. The van der Waals surface area contributed by atoms with Gasteiger partial charge in [-0.15, -0.1) is 0 Å². The summed E-state index contributed by atoms with van der Waals surface area (Å²) in [5.41, 5.74) is 3.99. The third-order valence-corrected chi connectivity index (χ3v) is 6.05. The van der Waals surface area contributed by atoms with Crippen molar-refractivity contribution in [1.82, 2.24) is 20.6 Å². The van der Waals surface area contributed by atoms with Crippen molar-refractivity contribution in [2.24, 2.45) is 0 Å². The fraction of sp³-hybridized carbons (Fsp3) is 0.333. The van der Waals surface area contributed by atoms with E-state index < -0.39 is 5.56 Å².